The molecule has 4 nitrogen and oxygen atoms in total. The van der Waals surface area contributed by atoms with E-state index < -0.39 is 0 Å². The summed E-state index contributed by atoms with van der Waals surface area (Å²) in [6, 6.07) is 8.26. The molecule has 0 aliphatic heterocycles. The van der Waals surface area contributed by atoms with Gasteiger partial charge >= 0.3 is 5.97 Å². The van der Waals surface area contributed by atoms with Crippen LogP contribution < -0.4 is 0 Å². The van der Waals surface area contributed by atoms with Crippen molar-refractivity contribution >= 4 is 5.97 Å². The van der Waals surface area contributed by atoms with Crippen molar-refractivity contribution in [2.24, 2.45) is 0 Å². The number of esters is 1. The van der Waals surface area contributed by atoms with Gasteiger partial charge < -0.3 is 9.30 Å². The van der Waals surface area contributed by atoms with Gasteiger partial charge in [0.2, 0.25) is 0 Å². The molecule has 2 rings (SSSR count). The van der Waals surface area contributed by atoms with Crippen molar-refractivity contribution in [2.45, 2.75) is 26.8 Å². The molecule has 1 aromatic carbocycles. The number of nitrogens with zero attached hydrogens (tertiary/aromatic N) is 2. The zero-order chi connectivity index (χ0) is 13.8. The van der Waals surface area contributed by atoms with Gasteiger partial charge in [-0.15, -0.1) is 0 Å². The topological polar surface area (TPSA) is 44.1 Å². The van der Waals surface area contributed by atoms with E-state index in [2.05, 4.69) is 36.2 Å². The molecule has 0 unspecified atom stereocenters. The van der Waals surface area contributed by atoms with E-state index in [0.29, 0.717) is 12.2 Å². The van der Waals surface area contributed by atoms with Gasteiger partial charge in [0.1, 0.15) is 11.5 Å². The van der Waals surface area contributed by atoms with Crippen LogP contribution in [-0.4, -0.2) is 22.6 Å². The molecule has 100 valence electrons. The molecule has 0 N–H and O–H groups in total. The van der Waals surface area contributed by atoms with Gasteiger partial charge in [-0.1, -0.05) is 36.8 Å². The van der Waals surface area contributed by atoms with Crippen LogP contribution >= 0.6 is 0 Å². The Bertz CT molecular complexity index is 570. The molecule has 0 bridgehead atoms. The van der Waals surface area contributed by atoms with E-state index in [4.69, 9.17) is 4.74 Å². The van der Waals surface area contributed by atoms with Gasteiger partial charge in [0.25, 0.3) is 0 Å². The largest absolute Gasteiger partial charge is 0.464 e. The fourth-order valence-corrected chi connectivity index (χ4v) is 2.02. The third kappa shape index (κ3) is 2.84. The average Bonchev–Trinajstić information content (AvgIpc) is 2.83. The van der Waals surface area contributed by atoms with Crippen molar-refractivity contribution in [3.8, 4) is 0 Å². The molecule has 0 saturated heterocycles. The Morgan fingerprint density at radius 1 is 1.32 bits per heavy atom. The number of carbonyl (C=O) groups excluding carboxylic acids is 1. The fraction of sp³-hybridized carbons (Fsp3) is 0.333. The first-order valence-electron chi connectivity index (χ1n) is 6.34. The predicted octanol–water partition coefficient (Wildman–Crippen LogP) is 2.59. The molecule has 0 aliphatic rings. The summed E-state index contributed by atoms with van der Waals surface area (Å²) in [7, 11) is 1.39. The number of hydrogen-bond acceptors (Lipinski definition) is 3. The molecule has 0 fully saturated rings. The molecule has 19 heavy (non-hydrogen) atoms. The second-order valence-corrected chi connectivity index (χ2v) is 4.48. The van der Waals surface area contributed by atoms with E-state index in [1.165, 1.54) is 12.7 Å². The number of carbonyl (C=O) groups is 1. The van der Waals surface area contributed by atoms with Gasteiger partial charge in [-0.05, 0) is 12.5 Å². The molecule has 0 saturated carbocycles. The molecule has 0 atom stereocenters. The minimum atomic E-state index is -0.348. The molecule has 1 heterocycles. The van der Waals surface area contributed by atoms with Crippen LogP contribution in [0.3, 0.4) is 0 Å². The van der Waals surface area contributed by atoms with Crippen LogP contribution in [0.2, 0.25) is 0 Å². The fourth-order valence-electron chi connectivity index (χ4n) is 2.02. The molecular formula is C15H18N2O2. The SMILES string of the molecule is CCc1ncc(C(=O)OC)n1Cc1ccc(C)cc1. The van der Waals surface area contributed by atoms with Gasteiger partial charge in [-0.25, -0.2) is 9.78 Å². The van der Waals surface area contributed by atoms with E-state index in [0.717, 1.165) is 17.8 Å². The summed E-state index contributed by atoms with van der Waals surface area (Å²) in [5.41, 5.74) is 2.86. The average molecular weight is 258 g/mol. The molecule has 1 aromatic heterocycles. The summed E-state index contributed by atoms with van der Waals surface area (Å²) in [4.78, 5) is 16.0. The lowest BCUT2D eigenvalue weighted by Crippen LogP contribution is -2.13. The maximum absolute atomic E-state index is 11.7. The first-order chi connectivity index (χ1) is 9.15. The Morgan fingerprint density at radius 3 is 2.58 bits per heavy atom. The van der Waals surface area contributed by atoms with E-state index in [1.807, 2.05) is 11.5 Å². The van der Waals surface area contributed by atoms with Crippen molar-refractivity contribution < 1.29 is 9.53 Å². The Morgan fingerprint density at radius 2 is 2.00 bits per heavy atom. The molecule has 0 amide bonds. The minimum Gasteiger partial charge on any atom is -0.464 e. The van der Waals surface area contributed by atoms with Crippen molar-refractivity contribution in [2.75, 3.05) is 7.11 Å². The molecular weight excluding hydrogens is 240 g/mol. The van der Waals surface area contributed by atoms with Crippen LogP contribution in [0.25, 0.3) is 0 Å². The van der Waals surface area contributed by atoms with Crippen LogP contribution in [0, 0.1) is 6.92 Å². The standard InChI is InChI=1S/C15H18N2O2/c1-4-14-16-9-13(15(18)19-3)17(14)10-12-7-5-11(2)6-8-12/h5-9H,4,10H2,1-3H3. The lowest BCUT2D eigenvalue weighted by Gasteiger charge is -2.10. The molecule has 0 radical (unpaired) electrons. The minimum absolute atomic E-state index is 0.348. The van der Waals surface area contributed by atoms with Gasteiger partial charge in [0.15, 0.2) is 0 Å². The summed E-state index contributed by atoms with van der Waals surface area (Å²) in [6.45, 7) is 4.71. The van der Waals surface area contributed by atoms with Gasteiger partial charge in [-0.3, -0.25) is 0 Å². The summed E-state index contributed by atoms with van der Waals surface area (Å²) in [6.07, 6.45) is 2.36. The number of ether oxygens (including phenoxy) is 1. The number of hydrogen-bond donors (Lipinski definition) is 0. The van der Waals surface area contributed by atoms with E-state index >= 15 is 0 Å². The normalized spacial score (nSPS) is 10.5. The van der Waals surface area contributed by atoms with Crippen molar-refractivity contribution in [3.05, 3.63) is 53.1 Å². The van der Waals surface area contributed by atoms with Crippen molar-refractivity contribution in [3.63, 3.8) is 0 Å². The first-order valence-corrected chi connectivity index (χ1v) is 6.34. The van der Waals surface area contributed by atoms with Gasteiger partial charge in [0.05, 0.1) is 13.3 Å². The van der Waals surface area contributed by atoms with Crippen molar-refractivity contribution in [1.82, 2.24) is 9.55 Å². The van der Waals surface area contributed by atoms with Crippen LogP contribution in [0.5, 0.6) is 0 Å². The summed E-state index contributed by atoms with van der Waals surface area (Å²) in [5.74, 6) is 0.542. The second kappa shape index (κ2) is 5.69. The Hall–Kier alpha value is -2.10. The Labute approximate surface area is 113 Å². The zero-order valence-corrected chi connectivity index (χ0v) is 11.5. The van der Waals surface area contributed by atoms with Crippen LogP contribution in [0.1, 0.15) is 34.4 Å². The highest BCUT2D eigenvalue weighted by atomic mass is 16.5. The molecule has 4 heteroatoms. The first kappa shape index (κ1) is 13.3. The van der Waals surface area contributed by atoms with Gasteiger partial charge in [0, 0.05) is 13.0 Å². The Kier molecular flexibility index (Phi) is 4.00. The van der Waals surface area contributed by atoms with Crippen molar-refractivity contribution in [1.29, 1.82) is 0 Å². The Balaban J connectivity index is 2.34. The monoisotopic (exact) mass is 258 g/mol. The predicted molar refractivity (Wildman–Crippen MR) is 73.2 cm³/mol. The third-order valence-electron chi connectivity index (χ3n) is 3.11. The van der Waals surface area contributed by atoms with E-state index in [-0.39, 0.29) is 5.97 Å². The van der Waals surface area contributed by atoms with Crippen LogP contribution in [-0.2, 0) is 17.7 Å². The third-order valence-corrected chi connectivity index (χ3v) is 3.11. The maximum atomic E-state index is 11.7. The number of aromatic nitrogens is 2. The number of benzene rings is 1. The molecule has 0 aliphatic carbocycles. The highest BCUT2D eigenvalue weighted by Crippen LogP contribution is 2.12. The summed E-state index contributed by atoms with van der Waals surface area (Å²) >= 11 is 0. The number of imidazole rings is 1. The van der Waals surface area contributed by atoms with E-state index in [9.17, 15) is 4.79 Å². The van der Waals surface area contributed by atoms with Crippen LogP contribution in [0.4, 0.5) is 0 Å². The summed E-state index contributed by atoms with van der Waals surface area (Å²) in [5, 5.41) is 0. The van der Waals surface area contributed by atoms with E-state index in [1.54, 1.807) is 6.20 Å². The quantitative estimate of drug-likeness (QED) is 0.792. The summed E-state index contributed by atoms with van der Waals surface area (Å²) < 4.78 is 6.71. The second-order valence-electron chi connectivity index (χ2n) is 4.48. The smallest absolute Gasteiger partial charge is 0.356 e. The molecule has 0 spiro atoms. The number of aryl methyl sites for hydroxylation is 2. The number of methoxy groups -OCH3 is 1. The van der Waals surface area contributed by atoms with Crippen LogP contribution in [0.15, 0.2) is 30.5 Å². The highest BCUT2D eigenvalue weighted by Gasteiger charge is 2.16. The number of rotatable bonds is 4. The lowest BCUT2D eigenvalue weighted by atomic mass is 10.1. The lowest BCUT2D eigenvalue weighted by molar-refractivity contribution is 0.0588. The highest BCUT2D eigenvalue weighted by molar-refractivity contribution is 5.87. The zero-order valence-electron chi connectivity index (χ0n) is 11.5. The molecule has 2 aromatic rings. The van der Waals surface area contributed by atoms with Gasteiger partial charge in [-0.2, -0.15) is 0 Å². The maximum Gasteiger partial charge on any atom is 0.356 e.